The normalized spacial score (nSPS) is 14.2. The van der Waals surface area contributed by atoms with E-state index < -0.39 is 0 Å². The zero-order chi connectivity index (χ0) is 13.1. The molecule has 0 fully saturated rings. The first-order valence-corrected chi connectivity index (χ1v) is 6.87. The largest absolute Gasteiger partial charge is 0.139 e. The molecule has 3 rings (SSSR count). The molecule has 1 aliphatic carbocycles. The van der Waals surface area contributed by atoms with Crippen molar-refractivity contribution in [2.75, 3.05) is 0 Å². The quantitative estimate of drug-likeness (QED) is 0.711. The molecule has 0 saturated heterocycles. The summed E-state index contributed by atoms with van der Waals surface area (Å²) in [5, 5.41) is 0. The van der Waals surface area contributed by atoms with Gasteiger partial charge in [-0.3, -0.25) is 0 Å². The van der Waals surface area contributed by atoms with E-state index in [-0.39, 0.29) is 0 Å². The predicted octanol–water partition coefficient (Wildman–Crippen LogP) is 3.35. The third kappa shape index (κ3) is 2.71. The van der Waals surface area contributed by atoms with Crippen molar-refractivity contribution in [3.63, 3.8) is 0 Å². The van der Waals surface area contributed by atoms with E-state index in [9.17, 15) is 0 Å². The Balaban J connectivity index is 1.88. The van der Waals surface area contributed by atoms with Gasteiger partial charge < -0.3 is 0 Å². The molecule has 0 nitrogen and oxygen atoms in total. The lowest BCUT2D eigenvalue weighted by Crippen LogP contribution is -1.99. The Morgan fingerprint density at radius 1 is 0.684 bits per heavy atom. The highest BCUT2D eigenvalue weighted by molar-refractivity contribution is 6.32. The fraction of sp³-hybridized carbons (Fsp3) is 0.111. The van der Waals surface area contributed by atoms with E-state index in [0.29, 0.717) is 0 Å². The molecule has 0 bridgehead atoms. The molecule has 2 aromatic carbocycles. The second-order valence-electron chi connectivity index (χ2n) is 5.08. The highest BCUT2D eigenvalue weighted by Gasteiger charge is 2.02. The summed E-state index contributed by atoms with van der Waals surface area (Å²) < 4.78 is 0. The molecule has 0 aliphatic heterocycles. The molecule has 0 N–H and O–H groups in total. The molecule has 2 aromatic rings. The molecule has 0 unspecified atom stereocenters. The first kappa shape index (κ1) is 12.0. The first-order valence-electron chi connectivity index (χ1n) is 6.87. The maximum absolute atomic E-state index is 2.32. The summed E-state index contributed by atoms with van der Waals surface area (Å²) >= 11 is 0. The summed E-state index contributed by atoms with van der Waals surface area (Å²) in [5.41, 5.74) is 6.53. The fourth-order valence-corrected chi connectivity index (χ4v) is 2.43. The van der Waals surface area contributed by atoms with Gasteiger partial charge in [0.15, 0.2) is 0 Å². The van der Waals surface area contributed by atoms with Crippen LogP contribution in [0.25, 0.3) is 16.7 Å². The van der Waals surface area contributed by atoms with Crippen LogP contribution in [0.15, 0.2) is 66.8 Å². The number of hydrogen-bond acceptors (Lipinski definition) is 0. The van der Waals surface area contributed by atoms with Gasteiger partial charge in [-0.2, -0.15) is 0 Å². The van der Waals surface area contributed by atoms with Crippen molar-refractivity contribution in [3.8, 4) is 11.1 Å². The Labute approximate surface area is 115 Å². The Bertz CT molecular complexity index is 616. The second kappa shape index (κ2) is 5.32. The van der Waals surface area contributed by atoms with Gasteiger partial charge in [0, 0.05) is 0 Å². The Morgan fingerprint density at radius 3 is 1.84 bits per heavy atom. The van der Waals surface area contributed by atoms with Gasteiger partial charge in [-0.15, -0.1) is 0 Å². The van der Waals surface area contributed by atoms with Crippen molar-refractivity contribution in [2.24, 2.45) is 0 Å². The molecule has 0 heterocycles. The lowest BCUT2D eigenvalue weighted by atomic mass is 9.93. The van der Waals surface area contributed by atoms with E-state index >= 15 is 0 Å². The van der Waals surface area contributed by atoms with Gasteiger partial charge in [0.05, 0.1) is 0 Å². The maximum atomic E-state index is 2.32. The molecule has 0 aromatic heterocycles. The molecule has 0 amide bonds. The van der Waals surface area contributed by atoms with Crippen molar-refractivity contribution in [1.82, 2.24) is 0 Å². The van der Waals surface area contributed by atoms with Crippen LogP contribution in [0.2, 0.25) is 0 Å². The van der Waals surface area contributed by atoms with Gasteiger partial charge in [-0.25, -0.2) is 0 Å². The Kier molecular flexibility index (Phi) is 3.37. The third-order valence-electron chi connectivity index (χ3n) is 3.60. The van der Waals surface area contributed by atoms with Crippen molar-refractivity contribution in [3.05, 3.63) is 72.3 Å². The number of benzene rings is 2. The number of hydrogen-bond donors (Lipinski definition) is 0. The molecule has 0 atom stereocenters. The molecule has 0 saturated carbocycles. The first-order chi connectivity index (χ1) is 9.33. The molecule has 1 heteroatoms. The van der Waals surface area contributed by atoms with Crippen LogP contribution >= 0.6 is 0 Å². The minimum absolute atomic E-state index is 1.16. The Hall–Kier alpha value is -2.02. The zero-order valence-electron chi connectivity index (χ0n) is 11.3. The summed E-state index contributed by atoms with van der Waals surface area (Å²) in [4.78, 5) is 0. The zero-order valence-corrected chi connectivity index (χ0v) is 11.3. The smallest absolute Gasteiger partial charge is 0.0889 e. The van der Waals surface area contributed by atoms with E-state index in [2.05, 4.69) is 74.6 Å². The minimum Gasteiger partial charge on any atom is -0.0889 e. The minimum atomic E-state index is 1.16. The molecular weight excluding hydrogens is 227 g/mol. The van der Waals surface area contributed by atoms with Crippen LogP contribution in [0.1, 0.15) is 18.4 Å². The monoisotopic (exact) mass is 244 g/mol. The summed E-state index contributed by atoms with van der Waals surface area (Å²) in [6.07, 6.45) is 9.13. The van der Waals surface area contributed by atoms with E-state index in [0.717, 1.165) is 6.42 Å². The van der Waals surface area contributed by atoms with E-state index in [1.165, 1.54) is 34.1 Å². The van der Waals surface area contributed by atoms with Crippen LogP contribution < -0.4 is 5.46 Å². The van der Waals surface area contributed by atoms with Crippen molar-refractivity contribution in [2.45, 2.75) is 12.8 Å². The summed E-state index contributed by atoms with van der Waals surface area (Å²) in [6.45, 7) is 0. The second-order valence-corrected chi connectivity index (χ2v) is 5.08. The van der Waals surface area contributed by atoms with Gasteiger partial charge >= 0.3 is 0 Å². The molecule has 92 valence electrons. The van der Waals surface area contributed by atoms with Gasteiger partial charge in [0.1, 0.15) is 7.85 Å². The molecular formula is C18H17B. The molecule has 19 heavy (non-hydrogen) atoms. The molecule has 0 spiro atoms. The van der Waals surface area contributed by atoms with Crippen LogP contribution in [-0.4, -0.2) is 7.85 Å². The van der Waals surface area contributed by atoms with Crippen molar-refractivity contribution in [1.29, 1.82) is 0 Å². The van der Waals surface area contributed by atoms with Gasteiger partial charge in [-0.05, 0) is 35.1 Å². The van der Waals surface area contributed by atoms with Gasteiger partial charge in [-0.1, -0.05) is 72.2 Å². The highest BCUT2D eigenvalue weighted by atomic mass is 14.1. The topological polar surface area (TPSA) is 0 Å². The summed E-state index contributed by atoms with van der Waals surface area (Å²) in [5.74, 6) is 0. The van der Waals surface area contributed by atoms with Gasteiger partial charge in [0.2, 0.25) is 0 Å². The number of allylic oxidation sites excluding steroid dienone is 4. The lowest BCUT2D eigenvalue weighted by Gasteiger charge is -2.08. The van der Waals surface area contributed by atoms with Gasteiger partial charge in [0.25, 0.3) is 0 Å². The fourth-order valence-electron chi connectivity index (χ4n) is 2.43. The van der Waals surface area contributed by atoms with Crippen LogP contribution in [0.4, 0.5) is 0 Å². The van der Waals surface area contributed by atoms with Crippen molar-refractivity contribution < 1.29 is 0 Å². The standard InChI is InChI=1S/C18H17B/c19-18-12-10-17(11-13-18)16-8-6-15(7-9-16)14-4-2-1-3-5-14/h2,4-13H,1,3,19H2. The third-order valence-corrected chi connectivity index (χ3v) is 3.60. The van der Waals surface area contributed by atoms with E-state index in [4.69, 9.17) is 0 Å². The lowest BCUT2D eigenvalue weighted by molar-refractivity contribution is 1.04. The van der Waals surface area contributed by atoms with Crippen LogP contribution in [0, 0.1) is 0 Å². The summed E-state index contributed by atoms with van der Waals surface area (Å²) in [7, 11) is 2.12. The van der Waals surface area contributed by atoms with Crippen LogP contribution in [0.5, 0.6) is 0 Å². The van der Waals surface area contributed by atoms with Crippen molar-refractivity contribution >= 4 is 18.9 Å². The predicted molar refractivity (Wildman–Crippen MR) is 86.4 cm³/mol. The summed E-state index contributed by atoms with van der Waals surface area (Å²) in [6, 6.07) is 17.6. The SMILES string of the molecule is Bc1ccc(-c2ccc(C3=CCCC=C3)cc2)cc1. The molecule has 0 radical (unpaired) electrons. The average Bonchev–Trinajstić information content (AvgIpc) is 2.49. The molecule has 1 aliphatic rings. The number of rotatable bonds is 2. The van der Waals surface area contributed by atoms with Crippen LogP contribution in [0.3, 0.4) is 0 Å². The van der Waals surface area contributed by atoms with E-state index in [1.807, 2.05) is 0 Å². The van der Waals surface area contributed by atoms with Crippen LogP contribution in [-0.2, 0) is 0 Å². The average molecular weight is 244 g/mol. The Morgan fingerprint density at radius 2 is 1.26 bits per heavy atom. The maximum Gasteiger partial charge on any atom is 0.139 e. The highest BCUT2D eigenvalue weighted by Crippen LogP contribution is 2.24. The van der Waals surface area contributed by atoms with E-state index in [1.54, 1.807) is 0 Å².